The number of halogens is 2. The molecule has 1 saturated heterocycles. The molecule has 1 N–H and O–H groups in total. The Balaban J connectivity index is 1.63. The van der Waals surface area contributed by atoms with Gasteiger partial charge in [0.25, 0.3) is 0 Å². The van der Waals surface area contributed by atoms with E-state index in [1.54, 1.807) is 29.3 Å². The number of hydrogen-bond acceptors (Lipinski definition) is 3. The van der Waals surface area contributed by atoms with Gasteiger partial charge >= 0.3 is 6.03 Å². The predicted molar refractivity (Wildman–Crippen MR) is 90.8 cm³/mol. The first-order valence-corrected chi connectivity index (χ1v) is 8.14. The van der Waals surface area contributed by atoms with Crippen molar-refractivity contribution in [1.29, 1.82) is 0 Å². The molecule has 0 saturated carbocycles. The first-order valence-electron chi connectivity index (χ1n) is 7.76. The van der Waals surface area contributed by atoms with Gasteiger partial charge in [0.2, 0.25) is 0 Å². The third-order valence-corrected chi connectivity index (χ3v) is 4.48. The van der Waals surface area contributed by atoms with Crippen LogP contribution in [0, 0.1) is 6.92 Å². The standard InChI is InChI=1S/C17H18ClFN4O/c1-12-4-5-14(21-11-12)22-16(24)23-9-6-17(19,7-10-23)15-13(18)3-2-8-20-15/h2-5,8,11H,6-7,9-10H2,1H3,(H,21,22,24). The molecule has 0 bridgehead atoms. The van der Waals surface area contributed by atoms with Crippen LogP contribution in [0.4, 0.5) is 15.0 Å². The SMILES string of the molecule is Cc1ccc(NC(=O)N2CCC(F)(c3ncccc3Cl)CC2)nc1. The Morgan fingerprint density at radius 2 is 2.04 bits per heavy atom. The summed E-state index contributed by atoms with van der Waals surface area (Å²) in [7, 11) is 0. The number of likely N-dealkylation sites (tertiary alicyclic amines) is 1. The van der Waals surface area contributed by atoms with Crippen LogP contribution in [0.5, 0.6) is 0 Å². The number of hydrogen-bond donors (Lipinski definition) is 1. The molecule has 2 aromatic heterocycles. The van der Waals surface area contributed by atoms with E-state index >= 15 is 4.39 Å². The highest BCUT2D eigenvalue weighted by atomic mass is 35.5. The summed E-state index contributed by atoms with van der Waals surface area (Å²) in [6, 6.07) is 6.64. The third-order valence-electron chi connectivity index (χ3n) is 4.17. The van der Waals surface area contributed by atoms with Crippen molar-refractivity contribution in [2.75, 3.05) is 18.4 Å². The zero-order chi connectivity index (χ0) is 17.2. The maximum absolute atomic E-state index is 15.2. The Hall–Kier alpha value is -2.21. The van der Waals surface area contributed by atoms with E-state index in [0.717, 1.165) is 5.56 Å². The first-order chi connectivity index (χ1) is 11.5. The number of anilines is 1. The van der Waals surface area contributed by atoms with Crippen molar-refractivity contribution < 1.29 is 9.18 Å². The van der Waals surface area contributed by atoms with Crippen LogP contribution >= 0.6 is 11.6 Å². The normalized spacial score (nSPS) is 16.7. The minimum atomic E-state index is -1.60. The summed E-state index contributed by atoms with van der Waals surface area (Å²) in [5, 5.41) is 3.05. The number of urea groups is 1. The molecule has 0 atom stereocenters. The molecule has 3 rings (SSSR count). The number of nitrogens with zero attached hydrogens (tertiary/aromatic N) is 3. The van der Waals surface area contributed by atoms with Crippen molar-refractivity contribution in [1.82, 2.24) is 14.9 Å². The highest BCUT2D eigenvalue weighted by Gasteiger charge is 2.40. The highest BCUT2D eigenvalue weighted by molar-refractivity contribution is 6.31. The lowest BCUT2D eigenvalue weighted by atomic mass is 9.89. The summed E-state index contributed by atoms with van der Waals surface area (Å²) in [4.78, 5) is 22.1. The Bertz CT molecular complexity index is 730. The van der Waals surface area contributed by atoms with Crippen molar-refractivity contribution in [3.05, 3.63) is 52.9 Å². The molecule has 5 nitrogen and oxygen atoms in total. The molecule has 2 aromatic rings. The molecule has 1 aliphatic rings. The average Bonchev–Trinajstić information content (AvgIpc) is 2.58. The molecular weight excluding hydrogens is 331 g/mol. The molecular formula is C17H18ClFN4O. The maximum Gasteiger partial charge on any atom is 0.323 e. The minimum Gasteiger partial charge on any atom is -0.324 e. The number of alkyl halides is 1. The van der Waals surface area contributed by atoms with Gasteiger partial charge in [0, 0.05) is 38.3 Å². The molecule has 0 radical (unpaired) electrons. The van der Waals surface area contributed by atoms with Gasteiger partial charge in [-0.3, -0.25) is 10.3 Å². The first kappa shape index (κ1) is 16.6. The van der Waals surface area contributed by atoms with Crippen LogP contribution in [0.15, 0.2) is 36.7 Å². The number of nitrogens with one attached hydrogen (secondary N) is 1. The minimum absolute atomic E-state index is 0.165. The van der Waals surface area contributed by atoms with Gasteiger partial charge in [0.05, 0.1) is 10.7 Å². The Morgan fingerprint density at radius 1 is 1.29 bits per heavy atom. The molecule has 2 amide bonds. The summed E-state index contributed by atoms with van der Waals surface area (Å²) < 4.78 is 15.2. The van der Waals surface area contributed by atoms with Crippen molar-refractivity contribution >= 4 is 23.4 Å². The number of carbonyl (C=O) groups is 1. The second-order valence-corrected chi connectivity index (χ2v) is 6.34. The van der Waals surface area contributed by atoms with Gasteiger partial charge < -0.3 is 4.90 Å². The molecule has 3 heterocycles. The molecule has 7 heteroatoms. The van der Waals surface area contributed by atoms with Crippen LogP contribution in [0.3, 0.4) is 0 Å². The summed E-state index contributed by atoms with van der Waals surface area (Å²) in [5.41, 5.74) is -0.329. The summed E-state index contributed by atoms with van der Waals surface area (Å²) in [5.74, 6) is 0.482. The van der Waals surface area contributed by atoms with Gasteiger partial charge in [-0.25, -0.2) is 14.2 Å². The highest BCUT2D eigenvalue weighted by Crippen LogP contribution is 2.39. The van der Waals surface area contributed by atoms with Gasteiger partial charge in [0.1, 0.15) is 5.82 Å². The van der Waals surface area contributed by atoms with Crippen molar-refractivity contribution in [2.24, 2.45) is 0 Å². The van der Waals surface area contributed by atoms with Crippen molar-refractivity contribution in [3.8, 4) is 0 Å². The van der Waals surface area contributed by atoms with E-state index < -0.39 is 5.67 Å². The van der Waals surface area contributed by atoms with Gasteiger partial charge in [-0.1, -0.05) is 17.7 Å². The van der Waals surface area contributed by atoms with E-state index in [4.69, 9.17) is 11.6 Å². The number of pyridine rings is 2. The molecule has 0 spiro atoms. The zero-order valence-corrected chi connectivity index (χ0v) is 14.1. The summed E-state index contributed by atoms with van der Waals surface area (Å²) in [6.45, 7) is 2.51. The number of piperidine rings is 1. The van der Waals surface area contributed by atoms with E-state index in [-0.39, 0.29) is 24.6 Å². The zero-order valence-electron chi connectivity index (χ0n) is 13.3. The van der Waals surface area contributed by atoms with E-state index in [2.05, 4.69) is 15.3 Å². The lowest BCUT2D eigenvalue weighted by molar-refractivity contribution is 0.0684. The third kappa shape index (κ3) is 3.48. The topological polar surface area (TPSA) is 58.1 Å². The number of aryl methyl sites for hydroxylation is 1. The van der Waals surface area contributed by atoms with Crippen LogP contribution < -0.4 is 5.32 Å². The Morgan fingerprint density at radius 3 is 2.67 bits per heavy atom. The fourth-order valence-corrected chi connectivity index (χ4v) is 3.04. The van der Waals surface area contributed by atoms with Gasteiger partial charge in [-0.2, -0.15) is 0 Å². The number of rotatable bonds is 2. The maximum atomic E-state index is 15.2. The van der Waals surface area contributed by atoms with E-state index in [1.807, 2.05) is 13.0 Å². The molecule has 0 unspecified atom stereocenters. The fourth-order valence-electron chi connectivity index (χ4n) is 2.75. The van der Waals surface area contributed by atoms with E-state index in [9.17, 15) is 4.79 Å². The van der Waals surface area contributed by atoms with Crippen LogP contribution in [-0.2, 0) is 5.67 Å². The second-order valence-electron chi connectivity index (χ2n) is 5.94. The number of aromatic nitrogens is 2. The van der Waals surface area contributed by atoms with Crippen molar-refractivity contribution in [2.45, 2.75) is 25.4 Å². The average molecular weight is 349 g/mol. The summed E-state index contributed by atoms with van der Waals surface area (Å²) in [6.07, 6.45) is 3.54. The van der Waals surface area contributed by atoms with E-state index in [0.29, 0.717) is 23.9 Å². The Kier molecular flexibility index (Phi) is 4.66. The predicted octanol–water partition coefficient (Wildman–Crippen LogP) is 3.93. The van der Waals surface area contributed by atoms with Crippen LogP contribution in [0.25, 0.3) is 0 Å². The van der Waals surface area contributed by atoms with Gasteiger partial charge in [-0.05, 0) is 30.7 Å². The van der Waals surface area contributed by atoms with Crippen molar-refractivity contribution in [3.63, 3.8) is 0 Å². The Labute approximate surface area is 144 Å². The molecule has 1 fully saturated rings. The number of amides is 2. The lowest BCUT2D eigenvalue weighted by Gasteiger charge is -2.36. The van der Waals surface area contributed by atoms with Crippen LogP contribution in [-0.4, -0.2) is 34.0 Å². The van der Waals surface area contributed by atoms with E-state index in [1.165, 1.54) is 6.20 Å². The smallest absolute Gasteiger partial charge is 0.323 e. The molecule has 0 aromatic carbocycles. The van der Waals surface area contributed by atoms with Crippen LogP contribution in [0.2, 0.25) is 5.02 Å². The van der Waals surface area contributed by atoms with Gasteiger partial charge in [0.15, 0.2) is 5.67 Å². The quantitative estimate of drug-likeness (QED) is 0.894. The molecule has 1 aliphatic heterocycles. The molecule has 126 valence electrons. The molecule has 0 aliphatic carbocycles. The monoisotopic (exact) mass is 348 g/mol. The molecule has 24 heavy (non-hydrogen) atoms. The second kappa shape index (κ2) is 6.73. The summed E-state index contributed by atoms with van der Waals surface area (Å²) >= 11 is 6.06. The van der Waals surface area contributed by atoms with Gasteiger partial charge in [-0.15, -0.1) is 0 Å². The fraction of sp³-hybridized carbons (Fsp3) is 0.353. The lowest BCUT2D eigenvalue weighted by Crippen LogP contribution is -2.45. The van der Waals surface area contributed by atoms with Crippen LogP contribution in [0.1, 0.15) is 24.1 Å². The largest absolute Gasteiger partial charge is 0.324 e. The number of carbonyl (C=O) groups excluding carboxylic acids is 1.